The number of hydrogen-bond donors (Lipinski definition) is 1. The predicted octanol–water partition coefficient (Wildman–Crippen LogP) is 7.39. The zero-order valence-corrected chi connectivity index (χ0v) is 22.3. The van der Waals surface area contributed by atoms with Crippen molar-refractivity contribution < 1.29 is 4.79 Å². The van der Waals surface area contributed by atoms with Crippen LogP contribution >= 0.6 is 27.3 Å². The summed E-state index contributed by atoms with van der Waals surface area (Å²) in [5, 5.41) is 4.28. The summed E-state index contributed by atoms with van der Waals surface area (Å²) in [5.74, 6) is 0.752. The Kier molecular flexibility index (Phi) is 7.52. The van der Waals surface area contributed by atoms with E-state index in [1.54, 1.807) is 6.92 Å². The van der Waals surface area contributed by atoms with Crippen LogP contribution in [0.1, 0.15) is 65.8 Å². The molecule has 0 radical (unpaired) electrons. The predicted molar refractivity (Wildman–Crippen MR) is 146 cm³/mol. The summed E-state index contributed by atoms with van der Waals surface area (Å²) in [5.41, 5.74) is 5.61. The Hall–Kier alpha value is -1.95. The number of rotatable bonds is 6. The molecule has 0 saturated carbocycles. The van der Waals surface area contributed by atoms with Crippen molar-refractivity contribution in [3.05, 3.63) is 86.2 Å². The normalized spacial score (nSPS) is 17.8. The van der Waals surface area contributed by atoms with Gasteiger partial charge < -0.3 is 5.32 Å². The average Bonchev–Trinajstić information content (AvgIpc) is 3.18. The molecule has 2 aliphatic rings. The first-order chi connectivity index (χ1) is 16.6. The van der Waals surface area contributed by atoms with Gasteiger partial charge in [0.15, 0.2) is 0 Å². The molecule has 1 N–H and O–H groups in total. The highest BCUT2D eigenvalue weighted by Crippen LogP contribution is 2.46. The molecule has 0 bridgehead atoms. The van der Waals surface area contributed by atoms with Gasteiger partial charge in [0.1, 0.15) is 5.00 Å². The number of hydrogen-bond acceptors (Lipinski definition) is 3. The van der Waals surface area contributed by atoms with Gasteiger partial charge in [0.05, 0.1) is 6.04 Å². The third-order valence-corrected chi connectivity index (χ3v) is 9.04. The zero-order chi connectivity index (χ0) is 23.5. The minimum Gasteiger partial charge on any atom is -0.318 e. The number of piperidine rings is 1. The Morgan fingerprint density at radius 3 is 2.59 bits per heavy atom. The third kappa shape index (κ3) is 5.32. The van der Waals surface area contributed by atoms with Crippen molar-refractivity contribution in [1.82, 2.24) is 4.90 Å². The molecule has 1 atom stereocenters. The average molecular weight is 538 g/mol. The Labute approximate surface area is 215 Å². The highest BCUT2D eigenvalue weighted by Gasteiger charge is 2.34. The van der Waals surface area contributed by atoms with Gasteiger partial charge in [-0.15, -0.1) is 11.3 Å². The molecule has 1 saturated heterocycles. The van der Waals surface area contributed by atoms with Gasteiger partial charge >= 0.3 is 0 Å². The molecule has 1 amide bonds. The van der Waals surface area contributed by atoms with Gasteiger partial charge in [0, 0.05) is 21.8 Å². The number of anilines is 1. The van der Waals surface area contributed by atoms with Gasteiger partial charge in [-0.1, -0.05) is 58.4 Å². The number of aryl methyl sites for hydroxylation is 1. The Morgan fingerprint density at radius 1 is 1.09 bits per heavy atom. The quantitative estimate of drug-likeness (QED) is 0.356. The van der Waals surface area contributed by atoms with Crippen LogP contribution in [0.25, 0.3) is 0 Å². The number of nitrogens with one attached hydrogen (secondary N) is 1. The van der Waals surface area contributed by atoms with Crippen LogP contribution in [0.3, 0.4) is 0 Å². The molecular weight excluding hydrogens is 504 g/mol. The van der Waals surface area contributed by atoms with Crippen LogP contribution in [0.4, 0.5) is 5.00 Å². The van der Waals surface area contributed by atoms with E-state index in [-0.39, 0.29) is 11.9 Å². The maximum absolute atomic E-state index is 12.2. The molecule has 5 heteroatoms. The number of benzene rings is 2. The van der Waals surface area contributed by atoms with Gasteiger partial charge in [-0.05, 0) is 92.8 Å². The molecule has 1 unspecified atom stereocenters. The van der Waals surface area contributed by atoms with Gasteiger partial charge in [-0.25, -0.2) is 0 Å². The van der Waals surface area contributed by atoms with Crippen molar-refractivity contribution in [3.8, 4) is 0 Å². The van der Waals surface area contributed by atoms with E-state index in [1.807, 2.05) is 11.3 Å². The lowest BCUT2D eigenvalue weighted by Gasteiger charge is -2.39. The first kappa shape index (κ1) is 23.8. The maximum Gasteiger partial charge on any atom is 0.221 e. The second-order valence-corrected chi connectivity index (χ2v) is 11.8. The largest absolute Gasteiger partial charge is 0.318 e. The standard InChI is InChI=1S/C29H33BrN2OS/c1-20(33)31-29-27(25-12-5-6-13-26(25)34-29)28(23-10-7-11-24(30)19-23)32-16-14-22(15-17-32)18-21-8-3-2-4-9-21/h2-4,7-11,19,22,28H,5-6,12-18H2,1H3,(H,31,33). The molecule has 1 aromatic heterocycles. The van der Waals surface area contributed by atoms with E-state index < -0.39 is 0 Å². The number of fused-ring (bicyclic) bond motifs is 1. The lowest BCUT2D eigenvalue weighted by atomic mass is 9.85. The van der Waals surface area contributed by atoms with Crippen LogP contribution in [-0.2, 0) is 24.1 Å². The number of nitrogens with zero attached hydrogens (tertiary/aromatic N) is 1. The fourth-order valence-electron chi connectivity index (χ4n) is 5.73. The SMILES string of the molecule is CC(=O)Nc1sc2c(c1C(c1cccc(Br)c1)N1CCC(Cc3ccccc3)CC1)CCCC2. The summed E-state index contributed by atoms with van der Waals surface area (Å²) in [6.07, 6.45) is 8.33. The van der Waals surface area contributed by atoms with Crippen molar-refractivity contribution in [2.24, 2.45) is 5.92 Å². The van der Waals surface area contributed by atoms with E-state index in [1.165, 1.54) is 59.2 Å². The van der Waals surface area contributed by atoms with Crippen LogP contribution in [0, 0.1) is 5.92 Å². The van der Waals surface area contributed by atoms with Crippen LogP contribution in [-0.4, -0.2) is 23.9 Å². The number of thiophene rings is 1. The number of halogens is 1. The monoisotopic (exact) mass is 536 g/mol. The second-order valence-electron chi connectivity index (χ2n) is 9.76. The van der Waals surface area contributed by atoms with E-state index >= 15 is 0 Å². The van der Waals surface area contributed by atoms with Crippen LogP contribution in [0.15, 0.2) is 59.1 Å². The van der Waals surface area contributed by atoms with Crippen molar-refractivity contribution >= 4 is 38.2 Å². The first-order valence-corrected chi connectivity index (χ1v) is 14.1. The van der Waals surface area contributed by atoms with E-state index in [4.69, 9.17) is 0 Å². The fraction of sp³-hybridized carbons (Fsp3) is 0.414. The zero-order valence-electron chi connectivity index (χ0n) is 19.9. The topological polar surface area (TPSA) is 32.3 Å². The molecule has 34 heavy (non-hydrogen) atoms. The summed E-state index contributed by atoms with van der Waals surface area (Å²) in [7, 11) is 0. The summed E-state index contributed by atoms with van der Waals surface area (Å²) in [6, 6.07) is 19.9. The minimum absolute atomic E-state index is 0.0226. The maximum atomic E-state index is 12.2. The molecule has 1 aliphatic carbocycles. The lowest BCUT2D eigenvalue weighted by molar-refractivity contribution is -0.114. The first-order valence-electron chi connectivity index (χ1n) is 12.5. The Morgan fingerprint density at radius 2 is 1.85 bits per heavy atom. The van der Waals surface area contributed by atoms with Crippen molar-refractivity contribution in [1.29, 1.82) is 0 Å². The van der Waals surface area contributed by atoms with E-state index in [2.05, 4.69) is 80.7 Å². The van der Waals surface area contributed by atoms with Gasteiger partial charge in [-0.2, -0.15) is 0 Å². The molecule has 178 valence electrons. The van der Waals surface area contributed by atoms with Crippen molar-refractivity contribution in [2.75, 3.05) is 18.4 Å². The molecule has 0 spiro atoms. The second kappa shape index (κ2) is 10.8. The van der Waals surface area contributed by atoms with E-state index in [9.17, 15) is 4.79 Å². The number of likely N-dealkylation sites (tertiary alicyclic amines) is 1. The van der Waals surface area contributed by atoms with Crippen molar-refractivity contribution in [2.45, 2.75) is 57.9 Å². The highest BCUT2D eigenvalue weighted by molar-refractivity contribution is 9.10. The van der Waals surface area contributed by atoms with Gasteiger partial charge in [-0.3, -0.25) is 9.69 Å². The molecule has 3 nitrogen and oxygen atoms in total. The van der Waals surface area contributed by atoms with Crippen molar-refractivity contribution in [3.63, 3.8) is 0 Å². The summed E-state index contributed by atoms with van der Waals surface area (Å²) >= 11 is 5.53. The molecular formula is C29H33BrN2OS. The number of amides is 1. The number of carbonyl (C=O) groups excluding carboxylic acids is 1. The molecule has 2 aromatic carbocycles. The molecule has 3 aromatic rings. The summed E-state index contributed by atoms with van der Waals surface area (Å²) in [6.45, 7) is 3.79. The van der Waals surface area contributed by atoms with Crippen LogP contribution in [0.5, 0.6) is 0 Å². The Bertz CT molecular complexity index is 1130. The highest BCUT2D eigenvalue weighted by atomic mass is 79.9. The number of carbonyl (C=O) groups is 1. The van der Waals surface area contributed by atoms with Gasteiger partial charge in [0.25, 0.3) is 0 Å². The summed E-state index contributed by atoms with van der Waals surface area (Å²) in [4.78, 5) is 16.3. The van der Waals surface area contributed by atoms with Crippen LogP contribution < -0.4 is 5.32 Å². The summed E-state index contributed by atoms with van der Waals surface area (Å²) < 4.78 is 1.11. The smallest absolute Gasteiger partial charge is 0.221 e. The van der Waals surface area contributed by atoms with E-state index in [0.717, 1.165) is 41.3 Å². The minimum atomic E-state index is 0.0226. The molecule has 1 fully saturated rings. The fourth-order valence-corrected chi connectivity index (χ4v) is 7.52. The van der Waals surface area contributed by atoms with Gasteiger partial charge in [0.2, 0.25) is 5.91 Å². The van der Waals surface area contributed by atoms with E-state index in [0.29, 0.717) is 0 Å². The Balaban J connectivity index is 1.47. The third-order valence-electron chi connectivity index (χ3n) is 7.32. The van der Waals surface area contributed by atoms with Crippen LogP contribution in [0.2, 0.25) is 0 Å². The molecule has 2 heterocycles. The lowest BCUT2D eigenvalue weighted by Crippen LogP contribution is -2.38. The molecule has 1 aliphatic heterocycles. The molecule has 5 rings (SSSR count).